The van der Waals surface area contributed by atoms with Crippen molar-refractivity contribution in [1.29, 1.82) is 0 Å². The Labute approximate surface area is 118 Å². The summed E-state index contributed by atoms with van der Waals surface area (Å²) in [6.45, 7) is 3.46. The number of aromatic nitrogens is 3. The Morgan fingerprint density at radius 2 is 2.26 bits per heavy atom. The van der Waals surface area contributed by atoms with Crippen molar-refractivity contribution in [3.05, 3.63) is 24.3 Å². The molecule has 2 aromatic rings. The van der Waals surface area contributed by atoms with Gasteiger partial charge in [0.15, 0.2) is 0 Å². The summed E-state index contributed by atoms with van der Waals surface area (Å²) in [7, 11) is 3.80. The number of alkyl halides is 1. The van der Waals surface area contributed by atoms with Gasteiger partial charge >= 0.3 is 0 Å². The SMILES string of the molecule is COCCN(C)CCn1c(CCl)nc2cnccc21. The van der Waals surface area contributed by atoms with Crippen molar-refractivity contribution < 1.29 is 4.74 Å². The molecule has 6 heteroatoms. The van der Waals surface area contributed by atoms with Gasteiger partial charge in [0.1, 0.15) is 11.3 Å². The number of rotatable bonds is 7. The summed E-state index contributed by atoms with van der Waals surface area (Å²) in [4.78, 5) is 10.8. The average Bonchev–Trinajstić information content (AvgIpc) is 2.80. The second-order valence-corrected chi connectivity index (χ2v) is 4.74. The number of methoxy groups -OCH3 is 1. The number of pyridine rings is 1. The average molecular weight is 283 g/mol. The maximum absolute atomic E-state index is 5.97. The number of nitrogens with zero attached hydrogens (tertiary/aromatic N) is 4. The molecular weight excluding hydrogens is 264 g/mol. The summed E-state index contributed by atoms with van der Waals surface area (Å²) in [5.41, 5.74) is 1.99. The molecule has 0 saturated heterocycles. The minimum Gasteiger partial charge on any atom is -0.383 e. The summed E-state index contributed by atoms with van der Waals surface area (Å²) in [5.74, 6) is 1.31. The number of hydrogen-bond donors (Lipinski definition) is 0. The Morgan fingerprint density at radius 1 is 1.42 bits per heavy atom. The summed E-state index contributed by atoms with van der Waals surface area (Å²) in [6.07, 6.45) is 3.56. The fourth-order valence-corrected chi connectivity index (χ4v) is 2.22. The smallest absolute Gasteiger partial charge is 0.124 e. The van der Waals surface area contributed by atoms with E-state index in [1.54, 1.807) is 19.5 Å². The van der Waals surface area contributed by atoms with Crippen molar-refractivity contribution in [3.63, 3.8) is 0 Å². The van der Waals surface area contributed by atoms with Gasteiger partial charge < -0.3 is 14.2 Å². The van der Waals surface area contributed by atoms with Crippen LogP contribution < -0.4 is 0 Å². The van der Waals surface area contributed by atoms with Crippen LogP contribution in [0.4, 0.5) is 0 Å². The quantitative estimate of drug-likeness (QED) is 0.726. The normalized spacial score (nSPS) is 11.6. The molecule has 104 valence electrons. The van der Waals surface area contributed by atoms with E-state index in [-0.39, 0.29) is 0 Å². The first-order valence-corrected chi connectivity index (χ1v) is 6.82. The number of imidazole rings is 1. The van der Waals surface area contributed by atoms with Gasteiger partial charge in [-0.3, -0.25) is 4.98 Å². The highest BCUT2D eigenvalue weighted by molar-refractivity contribution is 6.16. The first kappa shape index (κ1) is 14.2. The molecule has 0 atom stereocenters. The van der Waals surface area contributed by atoms with E-state index in [9.17, 15) is 0 Å². The molecule has 0 N–H and O–H groups in total. The fraction of sp³-hybridized carbons (Fsp3) is 0.538. The third-order valence-corrected chi connectivity index (χ3v) is 3.37. The number of ether oxygens (including phenoxy) is 1. The summed E-state index contributed by atoms with van der Waals surface area (Å²) in [5, 5.41) is 0. The zero-order valence-electron chi connectivity index (χ0n) is 11.3. The van der Waals surface area contributed by atoms with Crippen LogP contribution in [0.25, 0.3) is 11.0 Å². The van der Waals surface area contributed by atoms with Crippen LogP contribution in [-0.2, 0) is 17.2 Å². The van der Waals surface area contributed by atoms with Crippen molar-refractivity contribution in [2.24, 2.45) is 0 Å². The molecule has 0 aliphatic heterocycles. The molecule has 2 aromatic heterocycles. The Balaban J connectivity index is 2.10. The molecule has 0 spiro atoms. The van der Waals surface area contributed by atoms with Gasteiger partial charge in [0.25, 0.3) is 0 Å². The molecule has 0 aliphatic rings. The van der Waals surface area contributed by atoms with Gasteiger partial charge in [0.2, 0.25) is 0 Å². The van der Waals surface area contributed by atoms with Gasteiger partial charge in [-0.25, -0.2) is 4.98 Å². The Kier molecular flexibility index (Phi) is 5.13. The van der Waals surface area contributed by atoms with E-state index in [4.69, 9.17) is 16.3 Å². The first-order chi connectivity index (χ1) is 9.26. The van der Waals surface area contributed by atoms with E-state index in [1.807, 2.05) is 6.07 Å². The molecule has 2 rings (SSSR count). The van der Waals surface area contributed by atoms with Crippen LogP contribution in [0.3, 0.4) is 0 Å². The summed E-state index contributed by atoms with van der Waals surface area (Å²) < 4.78 is 7.23. The van der Waals surface area contributed by atoms with E-state index >= 15 is 0 Å². The van der Waals surface area contributed by atoms with Crippen molar-refractivity contribution >= 4 is 22.6 Å². The third-order valence-electron chi connectivity index (χ3n) is 3.13. The fourth-order valence-electron chi connectivity index (χ4n) is 2.01. The van der Waals surface area contributed by atoms with Crippen LogP contribution in [0.5, 0.6) is 0 Å². The topological polar surface area (TPSA) is 43.2 Å². The van der Waals surface area contributed by atoms with Gasteiger partial charge in [0, 0.05) is 32.9 Å². The Hall–Kier alpha value is -1.17. The molecule has 0 bridgehead atoms. The lowest BCUT2D eigenvalue weighted by atomic mass is 10.4. The zero-order valence-corrected chi connectivity index (χ0v) is 12.1. The maximum Gasteiger partial charge on any atom is 0.124 e. The van der Waals surface area contributed by atoms with E-state index < -0.39 is 0 Å². The van der Waals surface area contributed by atoms with Crippen molar-refractivity contribution in [2.75, 3.05) is 33.9 Å². The van der Waals surface area contributed by atoms with Crippen molar-refractivity contribution in [2.45, 2.75) is 12.4 Å². The number of halogens is 1. The van der Waals surface area contributed by atoms with Gasteiger partial charge in [-0.05, 0) is 13.1 Å². The van der Waals surface area contributed by atoms with E-state index in [0.29, 0.717) is 5.88 Å². The predicted octanol–water partition coefficient (Wildman–Crippen LogP) is 1.75. The summed E-state index contributed by atoms with van der Waals surface area (Å²) in [6, 6.07) is 1.98. The second-order valence-electron chi connectivity index (χ2n) is 4.47. The molecular formula is C13H19ClN4O. The number of likely N-dealkylation sites (N-methyl/N-ethyl adjacent to an activating group) is 1. The van der Waals surface area contributed by atoms with Crippen LogP contribution in [-0.4, -0.2) is 53.3 Å². The molecule has 0 radical (unpaired) electrons. The highest BCUT2D eigenvalue weighted by Crippen LogP contribution is 2.16. The highest BCUT2D eigenvalue weighted by atomic mass is 35.5. The zero-order chi connectivity index (χ0) is 13.7. The van der Waals surface area contributed by atoms with Crippen LogP contribution in [0.1, 0.15) is 5.82 Å². The number of fused-ring (bicyclic) bond motifs is 1. The molecule has 5 nitrogen and oxygen atoms in total. The lowest BCUT2D eigenvalue weighted by molar-refractivity contribution is 0.159. The number of hydrogen-bond acceptors (Lipinski definition) is 4. The lowest BCUT2D eigenvalue weighted by Gasteiger charge is -2.17. The van der Waals surface area contributed by atoms with E-state index in [1.165, 1.54) is 0 Å². The van der Waals surface area contributed by atoms with Crippen LogP contribution in [0, 0.1) is 0 Å². The van der Waals surface area contributed by atoms with Gasteiger partial charge in [-0.1, -0.05) is 0 Å². The van der Waals surface area contributed by atoms with Gasteiger partial charge in [-0.2, -0.15) is 0 Å². The van der Waals surface area contributed by atoms with Gasteiger partial charge in [-0.15, -0.1) is 11.6 Å². The summed E-state index contributed by atoms with van der Waals surface area (Å²) >= 11 is 5.97. The van der Waals surface area contributed by atoms with Gasteiger partial charge in [0.05, 0.1) is 24.2 Å². The van der Waals surface area contributed by atoms with Crippen LogP contribution >= 0.6 is 11.6 Å². The van der Waals surface area contributed by atoms with Crippen molar-refractivity contribution in [3.8, 4) is 0 Å². The van der Waals surface area contributed by atoms with Crippen LogP contribution in [0.15, 0.2) is 18.5 Å². The molecule has 0 aromatic carbocycles. The maximum atomic E-state index is 5.97. The lowest BCUT2D eigenvalue weighted by Crippen LogP contribution is -2.27. The monoisotopic (exact) mass is 282 g/mol. The minimum atomic E-state index is 0.413. The Morgan fingerprint density at radius 3 is 3.00 bits per heavy atom. The molecule has 0 fully saturated rings. The molecule has 0 saturated carbocycles. The highest BCUT2D eigenvalue weighted by Gasteiger charge is 2.10. The van der Waals surface area contributed by atoms with Crippen LogP contribution in [0.2, 0.25) is 0 Å². The molecule has 0 amide bonds. The standard InChI is InChI=1S/C13H19ClN4O/c1-17(7-8-19-2)5-6-18-12-3-4-15-10-11(12)16-13(18)9-14/h3-4,10H,5-9H2,1-2H3. The van der Waals surface area contributed by atoms with Crippen molar-refractivity contribution in [1.82, 2.24) is 19.4 Å². The third kappa shape index (κ3) is 3.43. The molecule has 0 unspecified atom stereocenters. The first-order valence-electron chi connectivity index (χ1n) is 6.29. The van der Waals surface area contributed by atoms with E-state index in [2.05, 4.69) is 26.5 Å². The second kappa shape index (κ2) is 6.84. The Bertz CT molecular complexity index is 528. The predicted molar refractivity (Wildman–Crippen MR) is 76.5 cm³/mol. The molecule has 19 heavy (non-hydrogen) atoms. The largest absolute Gasteiger partial charge is 0.383 e. The molecule has 2 heterocycles. The minimum absolute atomic E-state index is 0.413. The molecule has 0 aliphatic carbocycles. The van der Waals surface area contributed by atoms with E-state index in [0.717, 1.165) is 43.1 Å².